The number of primary amides is 2. The highest BCUT2D eigenvalue weighted by molar-refractivity contribution is 14.1. The first-order valence-corrected chi connectivity index (χ1v) is 9.34. The zero-order chi connectivity index (χ0) is 17.7. The summed E-state index contributed by atoms with van der Waals surface area (Å²) in [4.78, 5) is 33.4. The molecule has 0 heterocycles. The maximum Gasteiger partial charge on any atom is 0.316 e. The Morgan fingerprint density at radius 1 is 0.957 bits per heavy atom. The molecule has 0 atom stereocenters. The summed E-state index contributed by atoms with van der Waals surface area (Å²) in [7, 11) is 0. The third kappa shape index (κ3) is 5.77. The Kier molecular flexibility index (Phi) is 8.05. The maximum atomic E-state index is 11.3. The highest BCUT2D eigenvalue weighted by Gasteiger charge is 2.22. The summed E-state index contributed by atoms with van der Waals surface area (Å²) in [6, 6.07) is -1.45. The van der Waals surface area contributed by atoms with Gasteiger partial charge in [0, 0.05) is 16.9 Å². The smallest absolute Gasteiger partial charge is 0.316 e. The third-order valence-corrected chi connectivity index (χ3v) is 6.95. The van der Waals surface area contributed by atoms with Crippen LogP contribution in [0.5, 0.6) is 0 Å². The fraction of sp³-hybridized carbons (Fsp3) is 0.250. The minimum Gasteiger partial charge on any atom is -0.466 e. The number of hydrogen-bond donors (Lipinski definition) is 4. The molecular formula is C12H13I3N4O4. The van der Waals surface area contributed by atoms with Crippen molar-refractivity contribution in [2.24, 2.45) is 11.5 Å². The van der Waals surface area contributed by atoms with Crippen LogP contribution in [0, 0.1) is 10.7 Å². The molecule has 1 rings (SSSR count). The van der Waals surface area contributed by atoms with Crippen LogP contribution in [-0.4, -0.2) is 24.6 Å². The van der Waals surface area contributed by atoms with E-state index in [1.807, 2.05) is 22.6 Å². The van der Waals surface area contributed by atoms with Crippen LogP contribution in [0.4, 0.5) is 21.0 Å². The van der Waals surface area contributed by atoms with E-state index >= 15 is 0 Å². The van der Waals surface area contributed by atoms with Crippen molar-refractivity contribution in [2.75, 3.05) is 17.2 Å². The summed E-state index contributed by atoms with van der Waals surface area (Å²) >= 11 is 6.14. The van der Waals surface area contributed by atoms with E-state index in [-0.39, 0.29) is 12.6 Å². The lowest BCUT2D eigenvalue weighted by atomic mass is 10.1. The molecule has 23 heavy (non-hydrogen) atoms. The van der Waals surface area contributed by atoms with Crippen molar-refractivity contribution >= 4 is 97.2 Å². The van der Waals surface area contributed by atoms with Gasteiger partial charge in [-0.25, -0.2) is 9.59 Å². The number of urea groups is 2. The molecule has 0 saturated heterocycles. The zero-order valence-electron chi connectivity index (χ0n) is 11.8. The lowest BCUT2D eigenvalue weighted by Gasteiger charge is -2.19. The Bertz CT molecular complexity index is 666. The molecular weight excluding hydrogens is 645 g/mol. The Labute approximate surface area is 173 Å². The average molecular weight is 658 g/mol. The molecule has 0 spiro atoms. The summed E-state index contributed by atoms with van der Waals surface area (Å²) in [6.07, 6.45) is 0.385. The van der Waals surface area contributed by atoms with Crippen molar-refractivity contribution in [1.82, 2.24) is 0 Å². The van der Waals surface area contributed by atoms with Crippen LogP contribution < -0.4 is 22.1 Å². The van der Waals surface area contributed by atoms with E-state index in [0.717, 1.165) is 12.7 Å². The molecule has 11 heteroatoms. The Balaban J connectivity index is 3.38. The molecule has 0 aliphatic carbocycles. The summed E-state index contributed by atoms with van der Waals surface area (Å²) in [6.45, 7) is 1.48. The monoisotopic (exact) mass is 658 g/mol. The van der Waals surface area contributed by atoms with Crippen LogP contribution in [0.15, 0.2) is 0 Å². The molecule has 0 fully saturated rings. The number of hydrogen-bond acceptors (Lipinski definition) is 4. The first-order chi connectivity index (χ1) is 10.6. The lowest BCUT2D eigenvalue weighted by Crippen LogP contribution is -2.25. The van der Waals surface area contributed by atoms with Crippen molar-refractivity contribution in [3.63, 3.8) is 0 Å². The van der Waals surface area contributed by atoms with Crippen molar-refractivity contribution in [2.45, 2.75) is 13.3 Å². The highest BCUT2D eigenvalue weighted by atomic mass is 127. The molecule has 0 bridgehead atoms. The average Bonchev–Trinajstić information content (AvgIpc) is 2.43. The van der Waals surface area contributed by atoms with Gasteiger partial charge >= 0.3 is 18.0 Å². The molecule has 0 unspecified atom stereocenters. The maximum absolute atomic E-state index is 11.3. The van der Waals surface area contributed by atoms with Crippen molar-refractivity contribution in [3.8, 4) is 0 Å². The predicted molar refractivity (Wildman–Crippen MR) is 111 cm³/mol. The Morgan fingerprint density at radius 3 is 1.96 bits per heavy atom. The number of esters is 1. The second kappa shape index (κ2) is 9.05. The number of nitrogens with two attached hydrogens (primary N) is 2. The van der Waals surface area contributed by atoms with Gasteiger partial charge in [0.05, 0.1) is 25.1 Å². The molecule has 1 aromatic carbocycles. The van der Waals surface area contributed by atoms with E-state index in [4.69, 9.17) is 16.2 Å². The molecule has 126 valence electrons. The first kappa shape index (κ1) is 20.5. The molecule has 0 saturated carbocycles. The summed E-state index contributed by atoms with van der Waals surface area (Å²) in [5.74, 6) is -0.388. The van der Waals surface area contributed by atoms with E-state index in [1.54, 1.807) is 0 Å². The number of halogens is 3. The molecule has 0 aromatic heterocycles. The van der Waals surface area contributed by atoms with E-state index in [2.05, 4.69) is 55.8 Å². The van der Waals surface area contributed by atoms with Gasteiger partial charge in [-0.15, -0.1) is 0 Å². The van der Waals surface area contributed by atoms with E-state index < -0.39 is 12.1 Å². The van der Waals surface area contributed by atoms with Gasteiger partial charge in [-0.2, -0.15) is 0 Å². The number of rotatable bonds is 5. The number of ether oxygens (including phenoxy) is 1. The Morgan fingerprint density at radius 2 is 1.48 bits per heavy atom. The van der Waals surface area contributed by atoms with E-state index in [1.165, 1.54) is 6.92 Å². The normalized spacial score (nSPS) is 10.1. The van der Waals surface area contributed by atoms with E-state index in [0.29, 0.717) is 21.4 Å². The van der Waals surface area contributed by atoms with Crippen LogP contribution in [0.3, 0.4) is 0 Å². The van der Waals surface area contributed by atoms with Crippen LogP contribution >= 0.6 is 67.8 Å². The molecule has 1 aromatic rings. The van der Waals surface area contributed by atoms with Gasteiger partial charge < -0.3 is 26.8 Å². The van der Waals surface area contributed by atoms with Crippen molar-refractivity contribution in [3.05, 3.63) is 16.3 Å². The molecule has 8 nitrogen and oxygen atoms in total. The van der Waals surface area contributed by atoms with Gasteiger partial charge in [-0.1, -0.05) is 0 Å². The molecule has 0 radical (unpaired) electrons. The molecule has 4 amide bonds. The van der Waals surface area contributed by atoms with Gasteiger partial charge in [-0.05, 0) is 73.3 Å². The lowest BCUT2D eigenvalue weighted by molar-refractivity contribution is -0.140. The number of benzene rings is 1. The van der Waals surface area contributed by atoms with Gasteiger partial charge in [0.25, 0.3) is 0 Å². The van der Waals surface area contributed by atoms with Crippen LogP contribution in [-0.2, 0) is 16.0 Å². The van der Waals surface area contributed by atoms with Gasteiger partial charge in [0.15, 0.2) is 0 Å². The quantitative estimate of drug-likeness (QED) is 0.220. The van der Waals surface area contributed by atoms with Crippen molar-refractivity contribution in [1.29, 1.82) is 0 Å². The zero-order valence-corrected chi connectivity index (χ0v) is 18.3. The fourth-order valence-corrected chi connectivity index (χ4v) is 4.64. The molecule has 6 N–H and O–H groups in total. The van der Waals surface area contributed by atoms with Gasteiger partial charge in [0.2, 0.25) is 0 Å². The Hall–Kier alpha value is -0.580. The predicted octanol–water partition coefficient (Wildman–Crippen LogP) is 2.59. The van der Waals surface area contributed by atoms with Gasteiger partial charge in [-0.3, -0.25) is 4.79 Å². The molecule has 0 aliphatic heterocycles. The number of anilines is 2. The van der Waals surface area contributed by atoms with E-state index in [9.17, 15) is 14.4 Å². The summed E-state index contributed by atoms with van der Waals surface area (Å²) in [5.41, 5.74) is 12.1. The second-order valence-corrected chi connectivity index (χ2v) is 7.48. The number of amides is 4. The molecule has 0 aliphatic rings. The summed E-state index contributed by atoms with van der Waals surface area (Å²) < 4.78 is 7.10. The van der Waals surface area contributed by atoms with Crippen molar-refractivity contribution < 1.29 is 19.1 Å². The van der Waals surface area contributed by atoms with Gasteiger partial charge in [0.1, 0.15) is 0 Å². The topological polar surface area (TPSA) is 137 Å². The minimum absolute atomic E-state index is 0.160. The number of carbonyl (C=O) groups excluding carboxylic acids is 3. The van der Waals surface area contributed by atoms with Crippen LogP contribution in [0.25, 0.3) is 0 Å². The fourth-order valence-electron chi connectivity index (χ4n) is 1.72. The number of nitrogens with one attached hydrogen (secondary N) is 2. The third-order valence-electron chi connectivity index (χ3n) is 2.57. The second-order valence-electron chi connectivity index (χ2n) is 4.24. The standard InChI is InChI=1S/C12H13I3N4O4/c1-4(20)23-3-2-5-6(13)7(14)10(19-12(17)22)8(15)9(5)18-11(16)21/h2-3H2,1H3,(H3,16,18,21)(H3,17,19,22). The van der Waals surface area contributed by atoms with Crippen LogP contribution in [0.2, 0.25) is 0 Å². The number of carbonyl (C=O) groups is 3. The minimum atomic E-state index is -0.737. The highest BCUT2D eigenvalue weighted by Crippen LogP contribution is 2.39. The largest absolute Gasteiger partial charge is 0.466 e. The summed E-state index contributed by atoms with van der Waals surface area (Å²) in [5, 5.41) is 5.09. The van der Waals surface area contributed by atoms with Crippen LogP contribution in [0.1, 0.15) is 12.5 Å². The first-order valence-electron chi connectivity index (χ1n) is 6.10. The SMILES string of the molecule is CC(=O)OCCc1c(I)c(I)c(NC(N)=O)c(I)c1NC(N)=O.